The summed E-state index contributed by atoms with van der Waals surface area (Å²) in [6, 6.07) is 3.16. The Balaban J connectivity index is 2.31. The van der Waals surface area contributed by atoms with Gasteiger partial charge < -0.3 is 4.42 Å². The van der Waals surface area contributed by atoms with E-state index in [9.17, 15) is 14.9 Å². The van der Waals surface area contributed by atoms with Crippen LogP contribution in [0.1, 0.15) is 23.4 Å². The average molecular weight is 183 g/mol. The van der Waals surface area contributed by atoms with Crippen LogP contribution in [0.25, 0.3) is 0 Å². The summed E-state index contributed by atoms with van der Waals surface area (Å²) in [6.07, 6.45) is 1.82. The highest BCUT2D eigenvalue weighted by Gasteiger charge is 2.09. The molecule has 0 fully saturated rings. The summed E-state index contributed by atoms with van der Waals surface area (Å²) in [5, 5.41) is 9.94. The molecular formula is C8H9NO4. The van der Waals surface area contributed by atoms with E-state index in [1.54, 1.807) is 12.1 Å². The number of furan rings is 1. The van der Waals surface area contributed by atoms with E-state index in [0.29, 0.717) is 0 Å². The smallest absolute Gasteiger partial charge is 0.204 e. The molecule has 0 bridgehead atoms. The summed E-state index contributed by atoms with van der Waals surface area (Å²) in [5.41, 5.74) is 0. The van der Waals surface area contributed by atoms with Crippen molar-refractivity contribution in [3.05, 3.63) is 34.3 Å². The van der Waals surface area contributed by atoms with Gasteiger partial charge in [0, 0.05) is 17.8 Å². The molecule has 5 heteroatoms. The molecular weight excluding hydrogens is 174 g/mol. The minimum Gasteiger partial charge on any atom is -0.461 e. The molecule has 0 N–H and O–H groups in total. The van der Waals surface area contributed by atoms with Crippen LogP contribution in [-0.4, -0.2) is 17.3 Å². The van der Waals surface area contributed by atoms with Gasteiger partial charge in [-0.25, -0.2) is 0 Å². The van der Waals surface area contributed by atoms with E-state index in [0.717, 1.165) is 0 Å². The average Bonchev–Trinajstić information content (AvgIpc) is 2.55. The number of nitro groups is 1. The number of ketones is 1. The lowest BCUT2D eigenvalue weighted by Crippen LogP contribution is -2.04. The minimum absolute atomic E-state index is 0.161. The molecule has 1 aromatic heterocycles. The van der Waals surface area contributed by atoms with Crippen molar-refractivity contribution in [1.82, 2.24) is 0 Å². The van der Waals surface area contributed by atoms with E-state index in [1.165, 1.54) is 6.26 Å². The Labute approximate surface area is 74.5 Å². The van der Waals surface area contributed by atoms with Crippen molar-refractivity contribution in [2.45, 2.75) is 12.8 Å². The molecule has 0 spiro atoms. The van der Waals surface area contributed by atoms with Crippen molar-refractivity contribution in [2.75, 3.05) is 6.54 Å². The molecule has 0 unspecified atom stereocenters. The van der Waals surface area contributed by atoms with E-state index < -0.39 is 4.92 Å². The molecule has 1 aromatic rings. The maximum Gasteiger partial charge on any atom is 0.204 e. The van der Waals surface area contributed by atoms with Crippen LogP contribution < -0.4 is 0 Å². The van der Waals surface area contributed by atoms with Gasteiger partial charge in [0.25, 0.3) is 0 Å². The lowest BCUT2D eigenvalue weighted by Gasteiger charge is -1.93. The maximum absolute atomic E-state index is 11.2. The van der Waals surface area contributed by atoms with Gasteiger partial charge in [0.1, 0.15) is 0 Å². The largest absolute Gasteiger partial charge is 0.461 e. The zero-order valence-electron chi connectivity index (χ0n) is 6.93. The second-order valence-electron chi connectivity index (χ2n) is 2.56. The highest BCUT2D eigenvalue weighted by Crippen LogP contribution is 2.05. The summed E-state index contributed by atoms with van der Waals surface area (Å²) in [5.74, 6) is 0.0789. The lowest BCUT2D eigenvalue weighted by atomic mass is 10.2. The number of carbonyl (C=O) groups is 1. The Morgan fingerprint density at radius 2 is 2.38 bits per heavy atom. The molecule has 0 aliphatic carbocycles. The van der Waals surface area contributed by atoms with E-state index in [2.05, 4.69) is 0 Å². The van der Waals surface area contributed by atoms with Crippen molar-refractivity contribution in [3.63, 3.8) is 0 Å². The standard InChI is InChI=1S/C8H9NO4/c10-7(3-1-5-9(11)12)8-4-2-6-13-8/h2,4,6H,1,3,5H2. The van der Waals surface area contributed by atoms with Gasteiger partial charge in [-0.1, -0.05) is 0 Å². The number of carbonyl (C=O) groups excluding carboxylic acids is 1. The Morgan fingerprint density at radius 1 is 1.62 bits per heavy atom. The number of hydrogen-bond donors (Lipinski definition) is 0. The van der Waals surface area contributed by atoms with Gasteiger partial charge in [-0.3, -0.25) is 14.9 Å². The third-order valence-electron chi connectivity index (χ3n) is 1.54. The fourth-order valence-corrected chi connectivity index (χ4v) is 0.929. The quantitative estimate of drug-likeness (QED) is 0.394. The molecule has 0 aromatic carbocycles. The summed E-state index contributed by atoms with van der Waals surface area (Å²) in [4.78, 5) is 20.7. The highest BCUT2D eigenvalue weighted by atomic mass is 16.6. The maximum atomic E-state index is 11.2. The van der Waals surface area contributed by atoms with Crippen LogP contribution in [0.4, 0.5) is 0 Å². The van der Waals surface area contributed by atoms with Gasteiger partial charge >= 0.3 is 0 Å². The van der Waals surface area contributed by atoms with Crippen molar-refractivity contribution >= 4 is 5.78 Å². The normalized spacial score (nSPS) is 9.85. The van der Waals surface area contributed by atoms with E-state index in [-0.39, 0.29) is 30.9 Å². The first-order chi connectivity index (χ1) is 6.20. The number of hydrogen-bond acceptors (Lipinski definition) is 4. The molecule has 0 saturated carbocycles. The summed E-state index contributed by atoms with van der Waals surface area (Å²) < 4.78 is 4.83. The molecule has 0 aliphatic heterocycles. The molecule has 70 valence electrons. The van der Waals surface area contributed by atoms with E-state index >= 15 is 0 Å². The van der Waals surface area contributed by atoms with Gasteiger partial charge in [0.15, 0.2) is 11.5 Å². The van der Waals surface area contributed by atoms with Crippen LogP contribution in [-0.2, 0) is 0 Å². The van der Waals surface area contributed by atoms with Crippen molar-refractivity contribution < 1.29 is 14.1 Å². The third-order valence-corrected chi connectivity index (χ3v) is 1.54. The SMILES string of the molecule is O=C(CCC[N+](=O)[O-])c1ccco1. The Kier molecular flexibility index (Phi) is 3.19. The fourth-order valence-electron chi connectivity index (χ4n) is 0.929. The highest BCUT2D eigenvalue weighted by molar-refractivity contribution is 5.93. The fraction of sp³-hybridized carbons (Fsp3) is 0.375. The second-order valence-corrected chi connectivity index (χ2v) is 2.56. The minimum atomic E-state index is -0.435. The molecule has 0 aliphatic rings. The van der Waals surface area contributed by atoms with Gasteiger partial charge in [0.2, 0.25) is 6.54 Å². The summed E-state index contributed by atoms with van der Waals surface area (Å²) in [6.45, 7) is -0.174. The Bertz CT molecular complexity index is 291. The van der Waals surface area contributed by atoms with Crippen LogP contribution >= 0.6 is 0 Å². The van der Waals surface area contributed by atoms with Gasteiger partial charge in [0.05, 0.1) is 6.26 Å². The molecule has 0 radical (unpaired) electrons. The summed E-state index contributed by atoms with van der Waals surface area (Å²) >= 11 is 0. The van der Waals surface area contributed by atoms with Crippen LogP contribution in [0.2, 0.25) is 0 Å². The van der Waals surface area contributed by atoms with Gasteiger partial charge in [-0.15, -0.1) is 0 Å². The van der Waals surface area contributed by atoms with Crippen molar-refractivity contribution in [1.29, 1.82) is 0 Å². The first-order valence-corrected chi connectivity index (χ1v) is 3.88. The molecule has 5 nitrogen and oxygen atoms in total. The summed E-state index contributed by atoms with van der Waals surface area (Å²) in [7, 11) is 0. The Hall–Kier alpha value is -1.65. The number of nitrogens with zero attached hydrogens (tertiary/aromatic N) is 1. The second kappa shape index (κ2) is 4.39. The van der Waals surface area contributed by atoms with Gasteiger partial charge in [-0.2, -0.15) is 0 Å². The first-order valence-electron chi connectivity index (χ1n) is 3.88. The third kappa shape index (κ3) is 3.06. The molecule has 13 heavy (non-hydrogen) atoms. The lowest BCUT2D eigenvalue weighted by molar-refractivity contribution is -0.480. The van der Waals surface area contributed by atoms with Crippen molar-refractivity contribution in [2.24, 2.45) is 0 Å². The van der Waals surface area contributed by atoms with Crippen LogP contribution in [0.15, 0.2) is 22.8 Å². The molecule has 1 heterocycles. The van der Waals surface area contributed by atoms with Crippen LogP contribution in [0.5, 0.6) is 0 Å². The predicted molar refractivity (Wildman–Crippen MR) is 44.1 cm³/mol. The molecule has 0 atom stereocenters. The predicted octanol–water partition coefficient (Wildman–Crippen LogP) is 1.52. The number of Topliss-reactive ketones (excluding diaryl/α,β-unsaturated/α-hetero) is 1. The van der Waals surface area contributed by atoms with Crippen LogP contribution in [0.3, 0.4) is 0 Å². The van der Waals surface area contributed by atoms with E-state index in [4.69, 9.17) is 4.42 Å². The van der Waals surface area contributed by atoms with Crippen molar-refractivity contribution in [3.8, 4) is 0 Å². The topological polar surface area (TPSA) is 73.3 Å². The van der Waals surface area contributed by atoms with Gasteiger partial charge in [-0.05, 0) is 12.1 Å². The molecule has 0 saturated heterocycles. The molecule has 1 rings (SSSR count). The zero-order chi connectivity index (χ0) is 9.68. The monoisotopic (exact) mass is 183 g/mol. The first kappa shape index (κ1) is 9.44. The van der Waals surface area contributed by atoms with Crippen LogP contribution in [0, 0.1) is 10.1 Å². The Morgan fingerprint density at radius 3 is 2.92 bits per heavy atom. The number of rotatable bonds is 5. The zero-order valence-corrected chi connectivity index (χ0v) is 6.93. The van der Waals surface area contributed by atoms with E-state index in [1.807, 2.05) is 0 Å². The molecule has 0 amide bonds.